The third-order valence-corrected chi connectivity index (χ3v) is 4.20. The number of halogens is 2. The van der Waals surface area contributed by atoms with Gasteiger partial charge in [0.05, 0.1) is 16.0 Å². The maximum Gasteiger partial charge on any atom is 0.307 e. The molecule has 110 valence electrons. The van der Waals surface area contributed by atoms with Crippen LogP contribution in [0.3, 0.4) is 0 Å². The zero-order valence-electron chi connectivity index (χ0n) is 11.6. The average molecular weight is 318 g/mol. The predicted molar refractivity (Wildman–Crippen MR) is 78.9 cm³/mol. The van der Waals surface area contributed by atoms with Crippen LogP contribution in [-0.4, -0.2) is 28.9 Å². The lowest BCUT2D eigenvalue weighted by Gasteiger charge is -2.24. The molecular formula is C14H17Cl2NO3. The molecule has 1 aromatic carbocycles. The summed E-state index contributed by atoms with van der Waals surface area (Å²) in [5, 5.41) is 9.78. The van der Waals surface area contributed by atoms with Crippen LogP contribution in [0.2, 0.25) is 10.0 Å². The highest BCUT2D eigenvalue weighted by atomic mass is 35.5. The van der Waals surface area contributed by atoms with Gasteiger partial charge >= 0.3 is 5.97 Å². The van der Waals surface area contributed by atoms with Crippen molar-refractivity contribution < 1.29 is 14.7 Å². The van der Waals surface area contributed by atoms with E-state index in [1.54, 1.807) is 32.2 Å². The van der Waals surface area contributed by atoms with Crippen LogP contribution in [0.4, 0.5) is 0 Å². The van der Waals surface area contributed by atoms with Crippen LogP contribution in [0, 0.1) is 11.8 Å². The molecule has 0 aliphatic carbocycles. The Morgan fingerprint density at radius 1 is 1.25 bits per heavy atom. The number of benzene rings is 1. The van der Waals surface area contributed by atoms with E-state index in [1.807, 2.05) is 0 Å². The first-order valence-corrected chi connectivity index (χ1v) is 6.92. The fraction of sp³-hybridized carbons (Fsp3) is 0.429. The Kier molecular flexibility index (Phi) is 5.84. The fourth-order valence-corrected chi connectivity index (χ4v) is 2.16. The highest BCUT2D eigenvalue weighted by Gasteiger charge is 2.28. The van der Waals surface area contributed by atoms with Crippen LogP contribution in [0.15, 0.2) is 18.2 Å². The molecule has 2 atom stereocenters. The number of amides is 1. The van der Waals surface area contributed by atoms with E-state index in [-0.39, 0.29) is 12.5 Å². The lowest BCUT2D eigenvalue weighted by Crippen LogP contribution is -2.36. The number of hydrogen-bond donors (Lipinski definition) is 1. The largest absolute Gasteiger partial charge is 0.481 e. The van der Waals surface area contributed by atoms with Crippen LogP contribution in [0.25, 0.3) is 0 Å². The Morgan fingerprint density at radius 2 is 1.85 bits per heavy atom. The molecule has 0 fully saturated rings. The molecule has 0 saturated heterocycles. The van der Waals surface area contributed by atoms with E-state index in [0.29, 0.717) is 10.0 Å². The highest BCUT2D eigenvalue weighted by molar-refractivity contribution is 6.42. The number of carbonyl (C=O) groups is 2. The van der Waals surface area contributed by atoms with Crippen molar-refractivity contribution >= 4 is 35.1 Å². The minimum Gasteiger partial charge on any atom is -0.481 e. The number of rotatable bonds is 5. The molecule has 0 bridgehead atoms. The van der Waals surface area contributed by atoms with Gasteiger partial charge < -0.3 is 10.0 Å². The molecule has 0 saturated carbocycles. The Labute approximate surface area is 128 Å². The number of carboxylic acids is 1. The molecule has 0 aliphatic heterocycles. The maximum absolute atomic E-state index is 12.2. The fourth-order valence-electron chi connectivity index (χ4n) is 1.78. The van der Waals surface area contributed by atoms with Gasteiger partial charge in [-0.05, 0) is 11.6 Å². The normalized spacial score (nSPS) is 13.7. The van der Waals surface area contributed by atoms with Crippen molar-refractivity contribution in [1.29, 1.82) is 0 Å². The first kappa shape index (κ1) is 16.8. The van der Waals surface area contributed by atoms with Gasteiger partial charge in [0.1, 0.15) is 0 Å². The summed E-state index contributed by atoms with van der Waals surface area (Å²) in [6.45, 7) is 3.41. The van der Waals surface area contributed by atoms with E-state index in [1.165, 1.54) is 11.8 Å². The Morgan fingerprint density at radius 3 is 2.40 bits per heavy atom. The van der Waals surface area contributed by atoms with E-state index in [4.69, 9.17) is 28.3 Å². The van der Waals surface area contributed by atoms with Crippen LogP contribution in [0.1, 0.15) is 19.4 Å². The van der Waals surface area contributed by atoms with Gasteiger partial charge in [-0.1, -0.05) is 49.2 Å². The Balaban J connectivity index is 2.80. The van der Waals surface area contributed by atoms with Crippen molar-refractivity contribution in [3.63, 3.8) is 0 Å². The molecule has 2 unspecified atom stereocenters. The van der Waals surface area contributed by atoms with Crippen molar-refractivity contribution in [2.45, 2.75) is 20.4 Å². The van der Waals surface area contributed by atoms with Gasteiger partial charge in [0.15, 0.2) is 0 Å². The van der Waals surface area contributed by atoms with Gasteiger partial charge in [0.2, 0.25) is 5.91 Å². The molecule has 1 rings (SSSR count). The van der Waals surface area contributed by atoms with Gasteiger partial charge in [-0.2, -0.15) is 0 Å². The summed E-state index contributed by atoms with van der Waals surface area (Å²) in [4.78, 5) is 24.6. The zero-order chi connectivity index (χ0) is 15.4. The van der Waals surface area contributed by atoms with Crippen LogP contribution in [-0.2, 0) is 16.1 Å². The molecule has 1 amide bonds. The van der Waals surface area contributed by atoms with Gasteiger partial charge in [0.25, 0.3) is 0 Å². The van der Waals surface area contributed by atoms with Crippen molar-refractivity contribution in [2.24, 2.45) is 11.8 Å². The number of hydrogen-bond acceptors (Lipinski definition) is 2. The maximum atomic E-state index is 12.2. The van der Waals surface area contributed by atoms with E-state index in [2.05, 4.69) is 0 Å². The lowest BCUT2D eigenvalue weighted by atomic mass is 9.95. The monoisotopic (exact) mass is 317 g/mol. The zero-order valence-corrected chi connectivity index (χ0v) is 13.1. The molecule has 1 aromatic rings. The molecule has 0 spiro atoms. The van der Waals surface area contributed by atoms with Crippen LogP contribution >= 0.6 is 23.2 Å². The van der Waals surface area contributed by atoms with Gasteiger partial charge in [-0.25, -0.2) is 0 Å². The van der Waals surface area contributed by atoms with Gasteiger partial charge in [-0.15, -0.1) is 0 Å². The molecule has 4 nitrogen and oxygen atoms in total. The van der Waals surface area contributed by atoms with E-state index >= 15 is 0 Å². The number of carboxylic acid groups (broad SMARTS) is 1. The first-order valence-electron chi connectivity index (χ1n) is 6.16. The second kappa shape index (κ2) is 6.95. The quantitative estimate of drug-likeness (QED) is 0.906. The molecule has 1 N–H and O–H groups in total. The molecule has 6 heteroatoms. The van der Waals surface area contributed by atoms with Gasteiger partial charge in [0, 0.05) is 19.5 Å². The van der Waals surface area contributed by atoms with Crippen molar-refractivity contribution in [1.82, 2.24) is 4.90 Å². The summed E-state index contributed by atoms with van der Waals surface area (Å²) < 4.78 is 0. The molecule has 0 radical (unpaired) electrons. The number of carbonyl (C=O) groups excluding carboxylic acids is 1. The number of aliphatic carboxylic acids is 1. The van der Waals surface area contributed by atoms with E-state index in [9.17, 15) is 9.59 Å². The number of nitrogens with zero attached hydrogens (tertiary/aromatic N) is 1. The third-order valence-electron chi connectivity index (χ3n) is 3.34. The van der Waals surface area contributed by atoms with Gasteiger partial charge in [-0.3, -0.25) is 9.59 Å². The lowest BCUT2D eigenvalue weighted by molar-refractivity contribution is -0.148. The summed E-state index contributed by atoms with van der Waals surface area (Å²) in [7, 11) is 1.62. The molecular weight excluding hydrogens is 301 g/mol. The molecule has 0 heterocycles. The predicted octanol–water partition coefficient (Wildman–Crippen LogP) is 3.31. The van der Waals surface area contributed by atoms with E-state index in [0.717, 1.165) is 5.56 Å². The third kappa shape index (κ3) is 3.87. The Hall–Kier alpha value is -1.26. The summed E-state index contributed by atoms with van der Waals surface area (Å²) in [5.74, 6) is -2.56. The SMILES string of the molecule is CC(C(=O)O)C(C)C(=O)N(C)Cc1cccc(Cl)c1Cl. The molecule has 0 aliphatic rings. The standard InChI is InChI=1S/C14H17Cl2NO3/c1-8(9(2)14(19)20)13(18)17(3)7-10-5-4-6-11(15)12(10)16/h4-6,8-9H,7H2,1-3H3,(H,19,20). The van der Waals surface area contributed by atoms with Crippen molar-refractivity contribution in [3.05, 3.63) is 33.8 Å². The van der Waals surface area contributed by atoms with Crippen molar-refractivity contribution in [2.75, 3.05) is 7.05 Å². The summed E-state index contributed by atoms with van der Waals surface area (Å²) in [6, 6.07) is 5.21. The van der Waals surface area contributed by atoms with Crippen LogP contribution < -0.4 is 0 Å². The average Bonchev–Trinajstić information content (AvgIpc) is 2.41. The minimum absolute atomic E-state index is 0.240. The Bertz CT molecular complexity index is 519. The summed E-state index contributed by atoms with van der Waals surface area (Å²) in [6.07, 6.45) is 0. The topological polar surface area (TPSA) is 57.6 Å². The van der Waals surface area contributed by atoms with E-state index < -0.39 is 17.8 Å². The first-order chi connectivity index (χ1) is 9.25. The van der Waals surface area contributed by atoms with Crippen molar-refractivity contribution in [3.8, 4) is 0 Å². The highest BCUT2D eigenvalue weighted by Crippen LogP contribution is 2.26. The summed E-state index contributed by atoms with van der Waals surface area (Å²) >= 11 is 12.0. The van der Waals surface area contributed by atoms with Crippen LogP contribution in [0.5, 0.6) is 0 Å². The smallest absolute Gasteiger partial charge is 0.307 e. The minimum atomic E-state index is -0.986. The molecule has 0 aromatic heterocycles. The second-order valence-electron chi connectivity index (χ2n) is 4.82. The summed E-state index contributed by atoms with van der Waals surface area (Å²) in [5.41, 5.74) is 0.727. The second-order valence-corrected chi connectivity index (χ2v) is 5.61. The molecule has 20 heavy (non-hydrogen) atoms.